The predicted molar refractivity (Wildman–Crippen MR) is 113 cm³/mol. The minimum Gasteiger partial charge on any atom is -0.487 e. The summed E-state index contributed by atoms with van der Waals surface area (Å²) in [5.74, 6) is 0.280. The molecule has 144 valence electrons. The zero-order valence-electron chi connectivity index (χ0n) is 14.5. The molecule has 5 nitrogen and oxygen atoms in total. The molecule has 28 heavy (non-hydrogen) atoms. The van der Waals surface area contributed by atoms with Gasteiger partial charge in [-0.25, -0.2) is 4.39 Å². The van der Waals surface area contributed by atoms with Crippen LogP contribution in [0.15, 0.2) is 69.6 Å². The van der Waals surface area contributed by atoms with Crippen LogP contribution in [0.2, 0.25) is 0 Å². The molecule has 0 saturated heterocycles. The summed E-state index contributed by atoms with van der Waals surface area (Å²) >= 11 is 6.95. The Kier molecular flexibility index (Phi) is 6.64. The second-order valence-corrected chi connectivity index (χ2v) is 7.68. The highest BCUT2D eigenvalue weighted by molar-refractivity contribution is 9.11. The van der Waals surface area contributed by atoms with Crippen LogP contribution in [0.3, 0.4) is 0 Å². The van der Waals surface area contributed by atoms with E-state index in [2.05, 4.69) is 37.2 Å². The summed E-state index contributed by atoms with van der Waals surface area (Å²) in [7, 11) is 0. The lowest BCUT2D eigenvalue weighted by Crippen LogP contribution is -2.05. The summed E-state index contributed by atoms with van der Waals surface area (Å²) in [6.45, 7) is 0.514. The number of nitro benzene ring substituents is 1. The molecule has 0 spiro atoms. The van der Waals surface area contributed by atoms with Gasteiger partial charge < -0.3 is 10.1 Å². The number of nitrogens with zero attached hydrogens (tertiary/aromatic N) is 1. The molecule has 0 amide bonds. The van der Waals surface area contributed by atoms with Crippen LogP contribution in [0.1, 0.15) is 11.1 Å². The number of non-ortho nitro benzene ring substituents is 1. The Morgan fingerprint density at radius 2 is 1.75 bits per heavy atom. The first-order valence-corrected chi connectivity index (χ1v) is 9.85. The smallest absolute Gasteiger partial charge is 0.269 e. The summed E-state index contributed by atoms with van der Waals surface area (Å²) in [5, 5.41) is 14.0. The average molecular weight is 510 g/mol. The third-order valence-electron chi connectivity index (χ3n) is 3.98. The van der Waals surface area contributed by atoms with Gasteiger partial charge in [0.25, 0.3) is 5.69 Å². The van der Waals surface area contributed by atoms with Gasteiger partial charge in [0.05, 0.1) is 9.40 Å². The number of halogens is 3. The molecule has 0 aliphatic carbocycles. The first-order valence-electron chi connectivity index (χ1n) is 8.26. The second kappa shape index (κ2) is 9.16. The highest BCUT2D eigenvalue weighted by Gasteiger charge is 2.12. The van der Waals surface area contributed by atoms with E-state index in [1.807, 2.05) is 12.1 Å². The number of benzene rings is 3. The van der Waals surface area contributed by atoms with Crippen molar-refractivity contribution in [1.82, 2.24) is 0 Å². The van der Waals surface area contributed by atoms with E-state index in [4.69, 9.17) is 4.74 Å². The largest absolute Gasteiger partial charge is 0.487 e. The molecule has 0 fully saturated rings. The number of hydrogen-bond donors (Lipinski definition) is 1. The van der Waals surface area contributed by atoms with Crippen molar-refractivity contribution < 1.29 is 14.1 Å². The number of ether oxygens (including phenoxy) is 1. The molecule has 0 bridgehead atoms. The number of nitrogens with one attached hydrogen (secondary N) is 1. The van der Waals surface area contributed by atoms with Crippen molar-refractivity contribution in [3.8, 4) is 5.75 Å². The maximum Gasteiger partial charge on any atom is 0.269 e. The number of rotatable bonds is 7. The molecule has 3 aromatic carbocycles. The molecule has 0 aliphatic rings. The fraction of sp³-hybridized carbons (Fsp3) is 0.100. The van der Waals surface area contributed by atoms with Crippen LogP contribution in [0.5, 0.6) is 5.75 Å². The summed E-state index contributed by atoms with van der Waals surface area (Å²) < 4.78 is 21.3. The van der Waals surface area contributed by atoms with E-state index >= 15 is 0 Å². The van der Waals surface area contributed by atoms with E-state index in [1.165, 1.54) is 18.2 Å². The molecule has 3 rings (SSSR count). The lowest BCUT2D eigenvalue weighted by atomic mass is 10.2. The van der Waals surface area contributed by atoms with Crippen LogP contribution >= 0.6 is 31.9 Å². The van der Waals surface area contributed by atoms with E-state index in [1.54, 1.807) is 30.3 Å². The highest BCUT2D eigenvalue weighted by Crippen LogP contribution is 2.34. The molecule has 0 saturated carbocycles. The molecule has 0 heterocycles. The number of nitro groups is 1. The van der Waals surface area contributed by atoms with Crippen molar-refractivity contribution in [3.63, 3.8) is 0 Å². The van der Waals surface area contributed by atoms with Crippen LogP contribution in [-0.4, -0.2) is 4.92 Å². The Morgan fingerprint density at radius 1 is 1.04 bits per heavy atom. The Bertz CT molecular complexity index is 997. The zero-order chi connectivity index (χ0) is 20.1. The molecule has 0 radical (unpaired) electrons. The van der Waals surface area contributed by atoms with Gasteiger partial charge in [-0.05, 0) is 46.3 Å². The zero-order valence-corrected chi connectivity index (χ0v) is 17.7. The van der Waals surface area contributed by atoms with Gasteiger partial charge in [-0.1, -0.05) is 34.1 Å². The Labute approximate surface area is 177 Å². The molecule has 0 atom stereocenters. The van der Waals surface area contributed by atoms with Gasteiger partial charge >= 0.3 is 0 Å². The van der Waals surface area contributed by atoms with Crippen LogP contribution < -0.4 is 10.1 Å². The minimum absolute atomic E-state index is 0.0321. The Morgan fingerprint density at radius 3 is 2.43 bits per heavy atom. The van der Waals surface area contributed by atoms with Crippen molar-refractivity contribution in [2.75, 3.05) is 5.32 Å². The van der Waals surface area contributed by atoms with Crippen molar-refractivity contribution in [2.45, 2.75) is 13.2 Å². The summed E-state index contributed by atoms with van der Waals surface area (Å²) in [6, 6.07) is 16.4. The number of hydrogen-bond acceptors (Lipinski definition) is 4. The predicted octanol–water partition coefficient (Wildman–Crippen LogP) is 6.45. The van der Waals surface area contributed by atoms with E-state index in [-0.39, 0.29) is 18.1 Å². The first-order chi connectivity index (χ1) is 13.4. The normalized spacial score (nSPS) is 10.5. The summed E-state index contributed by atoms with van der Waals surface area (Å²) in [6.07, 6.45) is 0. The maximum absolute atomic E-state index is 13.9. The molecule has 8 heteroatoms. The van der Waals surface area contributed by atoms with Crippen LogP contribution in [-0.2, 0) is 13.2 Å². The van der Waals surface area contributed by atoms with Gasteiger partial charge in [0, 0.05) is 40.0 Å². The first kappa shape index (κ1) is 20.3. The molecular weight excluding hydrogens is 495 g/mol. The fourth-order valence-corrected chi connectivity index (χ4v) is 4.00. The van der Waals surface area contributed by atoms with E-state index in [0.29, 0.717) is 17.9 Å². The standard InChI is InChI=1S/C20H15Br2FN2O3/c21-15-9-14(11-24-16-5-7-17(8-6-16)25(26)27)20(18(22)10-15)28-12-13-3-1-2-4-19(13)23/h1-10,24H,11-12H2. The molecule has 3 aromatic rings. The maximum atomic E-state index is 13.9. The lowest BCUT2D eigenvalue weighted by Gasteiger charge is -2.16. The van der Waals surface area contributed by atoms with Crippen molar-refractivity contribution in [2.24, 2.45) is 0 Å². The van der Waals surface area contributed by atoms with Gasteiger partial charge in [-0.15, -0.1) is 0 Å². The second-order valence-electron chi connectivity index (χ2n) is 5.91. The van der Waals surface area contributed by atoms with Crippen LogP contribution in [0, 0.1) is 15.9 Å². The number of anilines is 1. The molecule has 1 N–H and O–H groups in total. The van der Waals surface area contributed by atoms with Gasteiger partial charge in [0.2, 0.25) is 0 Å². The molecule has 0 unspecified atom stereocenters. The third kappa shape index (κ3) is 5.08. The van der Waals surface area contributed by atoms with E-state index < -0.39 is 4.92 Å². The topological polar surface area (TPSA) is 64.4 Å². The SMILES string of the molecule is O=[N+]([O-])c1ccc(NCc2cc(Br)cc(Br)c2OCc2ccccc2F)cc1. The van der Waals surface area contributed by atoms with Crippen LogP contribution in [0.4, 0.5) is 15.8 Å². The molecule has 0 aliphatic heterocycles. The van der Waals surface area contributed by atoms with Crippen molar-refractivity contribution in [3.05, 3.63) is 96.7 Å². The van der Waals surface area contributed by atoms with Crippen molar-refractivity contribution in [1.29, 1.82) is 0 Å². The summed E-state index contributed by atoms with van der Waals surface area (Å²) in [4.78, 5) is 10.3. The Hall–Kier alpha value is -2.45. The van der Waals surface area contributed by atoms with E-state index in [0.717, 1.165) is 20.2 Å². The minimum atomic E-state index is -0.441. The van der Waals surface area contributed by atoms with Gasteiger partial charge in [-0.2, -0.15) is 0 Å². The fourth-order valence-electron chi connectivity index (χ4n) is 2.57. The summed E-state index contributed by atoms with van der Waals surface area (Å²) in [5.41, 5.74) is 2.08. The quantitative estimate of drug-likeness (QED) is 0.293. The average Bonchev–Trinajstić information content (AvgIpc) is 2.67. The van der Waals surface area contributed by atoms with E-state index in [9.17, 15) is 14.5 Å². The van der Waals surface area contributed by atoms with Crippen molar-refractivity contribution >= 4 is 43.2 Å². The monoisotopic (exact) mass is 508 g/mol. The van der Waals surface area contributed by atoms with Gasteiger partial charge in [0.15, 0.2) is 0 Å². The highest BCUT2D eigenvalue weighted by atomic mass is 79.9. The van der Waals surface area contributed by atoms with Gasteiger partial charge in [0.1, 0.15) is 18.2 Å². The van der Waals surface area contributed by atoms with Gasteiger partial charge in [-0.3, -0.25) is 10.1 Å². The lowest BCUT2D eigenvalue weighted by molar-refractivity contribution is -0.384. The molecular formula is C20H15Br2FN2O3. The Balaban J connectivity index is 1.76. The molecule has 0 aromatic heterocycles. The third-order valence-corrected chi connectivity index (χ3v) is 5.02. The van der Waals surface area contributed by atoms with Crippen LogP contribution in [0.25, 0.3) is 0 Å².